The van der Waals surface area contributed by atoms with E-state index < -0.39 is 34.3 Å². The van der Waals surface area contributed by atoms with Crippen LogP contribution in [0.5, 0.6) is 0 Å². The minimum Gasteiger partial charge on any atom is -0.352 e. The van der Waals surface area contributed by atoms with Gasteiger partial charge in [-0.2, -0.15) is 0 Å². The molecule has 2 atom stereocenters. The van der Waals surface area contributed by atoms with Crippen molar-refractivity contribution in [3.05, 3.63) is 132 Å². The Bertz CT molecular complexity index is 1650. The number of benzene rings is 4. The highest BCUT2D eigenvalue weighted by molar-refractivity contribution is 7.92. The maximum atomic E-state index is 14.4. The minimum absolute atomic E-state index is 0.0160. The third kappa shape index (κ3) is 8.32. The van der Waals surface area contributed by atoms with Gasteiger partial charge in [0.05, 0.1) is 10.6 Å². The SMILES string of the molecule is CC[C@@H](C)NC(=O)[C@@H](Cc1ccccc1)N(Cc1cccc(C)c1)C(=O)CN(c1ccc(F)cc1)S(=O)(=O)c1ccccc1. The third-order valence-corrected chi connectivity index (χ3v) is 9.22. The summed E-state index contributed by atoms with van der Waals surface area (Å²) in [6.45, 7) is 5.27. The lowest BCUT2D eigenvalue weighted by Crippen LogP contribution is -2.54. The van der Waals surface area contributed by atoms with Gasteiger partial charge in [0.2, 0.25) is 11.8 Å². The normalized spacial score (nSPS) is 12.6. The molecule has 0 aliphatic rings. The van der Waals surface area contributed by atoms with E-state index in [2.05, 4.69) is 5.32 Å². The van der Waals surface area contributed by atoms with Crippen molar-refractivity contribution in [2.75, 3.05) is 10.8 Å². The molecule has 0 aromatic heterocycles. The van der Waals surface area contributed by atoms with Crippen LogP contribution < -0.4 is 9.62 Å². The summed E-state index contributed by atoms with van der Waals surface area (Å²) in [7, 11) is -4.24. The van der Waals surface area contributed by atoms with Crippen molar-refractivity contribution >= 4 is 27.5 Å². The number of hydrogen-bond donors (Lipinski definition) is 1. The number of amides is 2. The molecule has 230 valence electrons. The van der Waals surface area contributed by atoms with E-state index in [-0.39, 0.29) is 35.5 Å². The number of carbonyl (C=O) groups is 2. The Labute approximate surface area is 259 Å². The summed E-state index contributed by atoms with van der Waals surface area (Å²) in [5.74, 6) is -1.44. The van der Waals surface area contributed by atoms with Gasteiger partial charge in [-0.15, -0.1) is 0 Å². The molecule has 4 rings (SSSR count). The van der Waals surface area contributed by atoms with Crippen LogP contribution in [0.3, 0.4) is 0 Å². The van der Waals surface area contributed by atoms with Crippen molar-refractivity contribution in [1.29, 1.82) is 0 Å². The zero-order valence-electron chi connectivity index (χ0n) is 25.2. The van der Waals surface area contributed by atoms with Crippen molar-refractivity contribution in [2.45, 2.75) is 57.1 Å². The van der Waals surface area contributed by atoms with E-state index in [9.17, 15) is 22.4 Å². The average molecular weight is 616 g/mol. The van der Waals surface area contributed by atoms with Crippen LogP contribution >= 0.6 is 0 Å². The second-order valence-corrected chi connectivity index (χ2v) is 12.7. The summed E-state index contributed by atoms with van der Waals surface area (Å²) in [4.78, 5) is 29.7. The van der Waals surface area contributed by atoms with Crippen molar-refractivity contribution in [1.82, 2.24) is 10.2 Å². The molecule has 1 N–H and O–H groups in total. The number of nitrogens with one attached hydrogen (secondary N) is 1. The van der Waals surface area contributed by atoms with E-state index in [1.165, 1.54) is 29.2 Å². The molecule has 0 unspecified atom stereocenters. The number of carbonyl (C=O) groups excluding carboxylic acids is 2. The van der Waals surface area contributed by atoms with Crippen LogP contribution in [-0.4, -0.2) is 43.8 Å². The fourth-order valence-electron chi connectivity index (χ4n) is 4.86. The largest absolute Gasteiger partial charge is 0.352 e. The number of sulfonamides is 1. The highest BCUT2D eigenvalue weighted by Gasteiger charge is 2.35. The second kappa shape index (κ2) is 14.8. The lowest BCUT2D eigenvalue weighted by molar-refractivity contribution is -0.140. The Hall–Kier alpha value is -4.50. The molecule has 7 nitrogen and oxygen atoms in total. The van der Waals surface area contributed by atoms with Gasteiger partial charge in [-0.25, -0.2) is 12.8 Å². The molecule has 9 heteroatoms. The van der Waals surface area contributed by atoms with E-state index in [4.69, 9.17) is 0 Å². The number of hydrogen-bond acceptors (Lipinski definition) is 4. The van der Waals surface area contributed by atoms with Gasteiger partial charge in [-0.3, -0.25) is 13.9 Å². The van der Waals surface area contributed by atoms with E-state index in [0.29, 0.717) is 6.42 Å². The van der Waals surface area contributed by atoms with Crippen molar-refractivity contribution in [3.8, 4) is 0 Å². The molecule has 4 aromatic carbocycles. The molecule has 2 amide bonds. The summed E-state index contributed by atoms with van der Waals surface area (Å²) in [6, 6.07) is 28.7. The Morgan fingerprint density at radius 1 is 0.841 bits per heavy atom. The Morgan fingerprint density at radius 2 is 1.45 bits per heavy atom. The summed E-state index contributed by atoms with van der Waals surface area (Å²) >= 11 is 0. The quantitative estimate of drug-likeness (QED) is 0.203. The summed E-state index contributed by atoms with van der Waals surface area (Å²) in [5, 5.41) is 3.02. The molecular formula is C35H38FN3O4S. The first-order valence-electron chi connectivity index (χ1n) is 14.6. The van der Waals surface area contributed by atoms with Crippen LogP contribution in [0.2, 0.25) is 0 Å². The molecule has 44 heavy (non-hydrogen) atoms. The monoisotopic (exact) mass is 615 g/mol. The van der Waals surface area contributed by atoms with Crippen LogP contribution in [0.25, 0.3) is 0 Å². The van der Waals surface area contributed by atoms with Gasteiger partial charge in [0.1, 0.15) is 18.4 Å². The Kier molecular flexibility index (Phi) is 10.9. The topological polar surface area (TPSA) is 86.8 Å². The van der Waals surface area contributed by atoms with Crippen LogP contribution in [0.4, 0.5) is 10.1 Å². The number of halogens is 1. The standard InChI is InChI=1S/C35H38FN3O4S/c1-4-27(3)37-35(41)33(23-28-13-7-5-8-14-28)38(24-29-15-11-12-26(2)22-29)34(40)25-39(31-20-18-30(36)19-21-31)44(42,43)32-16-9-6-10-17-32/h5-22,27,33H,4,23-25H2,1-3H3,(H,37,41)/t27-,33-/m1/s1. The predicted molar refractivity (Wildman–Crippen MR) is 171 cm³/mol. The van der Waals surface area contributed by atoms with Crippen LogP contribution in [0.15, 0.2) is 114 Å². The van der Waals surface area contributed by atoms with E-state index in [1.54, 1.807) is 18.2 Å². The van der Waals surface area contributed by atoms with Gasteiger partial charge < -0.3 is 10.2 Å². The van der Waals surface area contributed by atoms with E-state index >= 15 is 0 Å². The van der Waals surface area contributed by atoms with Crippen molar-refractivity contribution < 1.29 is 22.4 Å². The molecule has 0 heterocycles. The number of anilines is 1. The Morgan fingerprint density at radius 3 is 2.07 bits per heavy atom. The molecule has 0 aliphatic heterocycles. The van der Waals surface area contributed by atoms with Gasteiger partial charge >= 0.3 is 0 Å². The molecule has 0 saturated carbocycles. The molecule has 4 aromatic rings. The average Bonchev–Trinajstić information content (AvgIpc) is 3.02. The van der Waals surface area contributed by atoms with Gasteiger partial charge in [-0.1, -0.05) is 85.3 Å². The predicted octanol–water partition coefficient (Wildman–Crippen LogP) is 5.88. The zero-order valence-corrected chi connectivity index (χ0v) is 26.0. The molecule has 0 spiro atoms. The molecule has 0 aliphatic carbocycles. The number of rotatable bonds is 13. The van der Waals surface area contributed by atoms with Gasteiger partial charge in [0.25, 0.3) is 10.0 Å². The lowest BCUT2D eigenvalue weighted by atomic mass is 10.0. The van der Waals surface area contributed by atoms with E-state index in [1.807, 2.05) is 75.4 Å². The molecule has 0 saturated heterocycles. The summed E-state index contributed by atoms with van der Waals surface area (Å²) in [6.07, 6.45) is 0.923. The summed E-state index contributed by atoms with van der Waals surface area (Å²) in [5.41, 5.74) is 2.76. The first kappa shape index (κ1) is 32.4. The molecule has 0 bridgehead atoms. The van der Waals surface area contributed by atoms with Crippen molar-refractivity contribution in [3.63, 3.8) is 0 Å². The molecule has 0 radical (unpaired) electrons. The smallest absolute Gasteiger partial charge is 0.264 e. The number of nitrogens with zero attached hydrogens (tertiary/aromatic N) is 2. The second-order valence-electron chi connectivity index (χ2n) is 10.8. The minimum atomic E-state index is -4.24. The first-order chi connectivity index (χ1) is 21.1. The van der Waals surface area contributed by atoms with Gasteiger partial charge in [0.15, 0.2) is 0 Å². The number of aryl methyl sites for hydroxylation is 1. The lowest BCUT2D eigenvalue weighted by Gasteiger charge is -2.34. The maximum absolute atomic E-state index is 14.4. The first-order valence-corrected chi connectivity index (χ1v) is 16.0. The van der Waals surface area contributed by atoms with Crippen molar-refractivity contribution in [2.24, 2.45) is 0 Å². The van der Waals surface area contributed by atoms with Gasteiger partial charge in [-0.05, 0) is 67.8 Å². The van der Waals surface area contributed by atoms with Crippen LogP contribution in [0, 0.1) is 12.7 Å². The fourth-order valence-corrected chi connectivity index (χ4v) is 6.29. The van der Waals surface area contributed by atoms with E-state index in [0.717, 1.165) is 33.1 Å². The molecular weight excluding hydrogens is 577 g/mol. The summed E-state index contributed by atoms with van der Waals surface area (Å²) < 4.78 is 42.7. The van der Waals surface area contributed by atoms with Gasteiger partial charge in [0, 0.05) is 19.0 Å². The highest BCUT2D eigenvalue weighted by atomic mass is 32.2. The maximum Gasteiger partial charge on any atom is 0.264 e. The fraction of sp³-hybridized carbons (Fsp3) is 0.257. The Balaban J connectivity index is 1.80. The highest BCUT2D eigenvalue weighted by Crippen LogP contribution is 2.25. The van der Waals surface area contributed by atoms with Crippen LogP contribution in [0.1, 0.15) is 37.0 Å². The zero-order chi connectivity index (χ0) is 31.7. The van der Waals surface area contributed by atoms with Crippen LogP contribution in [-0.2, 0) is 32.6 Å². The molecule has 0 fully saturated rings. The third-order valence-electron chi connectivity index (χ3n) is 7.43.